The molecule has 3 atom stereocenters. The maximum absolute atomic E-state index is 13.3. The normalized spacial score (nSPS) is 26.4. The van der Waals surface area contributed by atoms with Gasteiger partial charge in [-0.3, -0.25) is 4.79 Å². The molecule has 6 nitrogen and oxygen atoms in total. The lowest BCUT2D eigenvalue weighted by atomic mass is 10.1. The van der Waals surface area contributed by atoms with Gasteiger partial charge in [0.05, 0.1) is 13.2 Å². The molecule has 1 saturated heterocycles. The van der Waals surface area contributed by atoms with E-state index >= 15 is 0 Å². The van der Waals surface area contributed by atoms with E-state index in [4.69, 9.17) is 9.15 Å². The van der Waals surface area contributed by atoms with Gasteiger partial charge in [0.2, 0.25) is 17.7 Å². The van der Waals surface area contributed by atoms with Crippen molar-refractivity contribution in [2.24, 2.45) is 5.92 Å². The molecule has 2 fully saturated rings. The number of rotatable bonds is 3. The summed E-state index contributed by atoms with van der Waals surface area (Å²) in [6.07, 6.45) is 0.388. The van der Waals surface area contributed by atoms with Gasteiger partial charge in [-0.1, -0.05) is 12.1 Å². The van der Waals surface area contributed by atoms with Crippen LogP contribution >= 0.6 is 0 Å². The fourth-order valence-corrected chi connectivity index (χ4v) is 3.25. The molecular weight excluding hydrogens is 313 g/mol. The minimum absolute atomic E-state index is 0.0741. The summed E-state index contributed by atoms with van der Waals surface area (Å²) >= 11 is 0. The van der Waals surface area contributed by atoms with Crippen molar-refractivity contribution < 1.29 is 18.3 Å². The van der Waals surface area contributed by atoms with Crippen LogP contribution in [0.15, 0.2) is 28.7 Å². The fraction of sp³-hybridized carbons (Fsp3) is 0.471. The predicted molar refractivity (Wildman–Crippen MR) is 81.6 cm³/mol. The number of amides is 1. The Morgan fingerprint density at radius 2 is 2.25 bits per heavy atom. The lowest BCUT2D eigenvalue weighted by Gasteiger charge is -2.31. The lowest BCUT2D eigenvalue weighted by molar-refractivity contribution is -0.141. The van der Waals surface area contributed by atoms with Gasteiger partial charge < -0.3 is 14.1 Å². The Balaban J connectivity index is 1.42. The zero-order chi connectivity index (χ0) is 16.7. The van der Waals surface area contributed by atoms with E-state index in [1.54, 1.807) is 17.9 Å². The zero-order valence-electron chi connectivity index (χ0n) is 13.3. The average molecular weight is 331 g/mol. The predicted octanol–water partition coefficient (Wildman–Crippen LogP) is 2.22. The number of halogens is 1. The van der Waals surface area contributed by atoms with Gasteiger partial charge in [-0.05, 0) is 30.0 Å². The van der Waals surface area contributed by atoms with Crippen LogP contribution in [0.25, 0.3) is 0 Å². The Labute approximate surface area is 138 Å². The second-order valence-corrected chi connectivity index (χ2v) is 6.31. The van der Waals surface area contributed by atoms with Gasteiger partial charge in [-0.2, -0.15) is 0 Å². The first kappa shape index (κ1) is 15.3. The van der Waals surface area contributed by atoms with Crippen LogP contribution in [-0.4, -0.2) is 40.7 Å². The van der Waals surface area contributed by atoms with Crippen LogP contribution in [0.4, 0.5) is 4.39 Å². The number of hydrogen-bond acceptors (Lipinski definition) is 5. The summed E-state index contributed by atoms with van der Waals surface area (Å²) in [6.45, 7) is 3.12. The Morgan fingerprint density at radius 1 is 1.38 bits per heavy atom. The SMILES string of the molecule is Cc1nnc([C@@H]2CN(C(=O)[C@@H]3C[C@@H]3c3cccc(F)c3)CCO2)o1. The molecule has 0 radical (unpaired) electrons. The molecule has 7 heteroatoms. The number of aromatic nitrogens is 2. The molecular formula is C17H18FN3O3. The van der Waals surface area contributed by atoms with Crippen molar-refractivity contribution in [3.8, 4) is 0 Å². The highest BCUT2D eigenvalue weighted by atomic mass is 19.1. The van der Waals surface area contributed by atoms with E-state index in [2.05, 4.69) is 10.2 Å². The molecule has 1 aromatic heterocycles. The van der Waals surface area contributed by atoms with Crippen molar-refractivity contribution in [1.29, 1.82) is 0 Å². The van der Waals surface area contributed by atoms with E-state index in [0.717, 1.165) is 12.0 Å². The lowest BCUT2D eigenvalue weighted by Crippen LogP contribution is -2.43. The van der Waals surface area contributed by atoms with Gasteiger partial charge in [0.25, 0.3) is 0 Å². The summed E-state index contributed by atoms with van der Waals surface area (Å²) in [6, 6.07) is 6.50. The quantitative estimate of drug-likeness (QED) is 0.863. The van der Waals surface area contributed by atoms with Crippen molar-refractivity contribution in [2.45, 2.75) is 25.4 Å². The number of benzene rings is 1. The number of carbonyl (C=O) groups excluding carboxylic acids is 1. The summed E-state index contributed by atoms with van der Waals surface area (Å²) in [5.41, 5.74) is 0.894. The molecule has 0 unspecified atom stereocenters. The average Bonchev–Trinajstić information content (AvgIpc) is 3.28. The molecule has 1 aromatic carbocycles. The fourth-order valence-electron chi connectivity index (χ4n) is 3.25. The van der Waals surface area contributed by atoms with Gasteiger partial charge >= 0.3 is 0 Å². The molecule has 2 heterocycles. The molecule has 4 rings (SSSR count). The number of nitrogens with zero attached hydrogens (tertiary/aromatic N) is 3. The molecule has 1 amide bonds. The van der Waals surface area contributed by atoms with Gasteiger partial charge in [-0.25, -0.2) is 4.39 Å². The highest BCUT2D eigenvalue weighted by Crippen LogP contribution is 2.48. The monoisotopic (exact) mass is 331 g/mol. The van der Waals surface area contributed by atoms with E-state index in [1.165, 1.54) is 12.1 Å². The molecule has 2 aromatic rings. The zero-order valence-corrected chi connectivity index (χ0v) is 13.3. The van der Waals surface area contributed by atoms with Crippen LogP contribution in [0, 0.1) is 18.7 Å². The van der Waals surface area contributed by atoms with Crippen molar-refractivity contribution >= 4 is 5.91 Å². The molecule has 0 spiro atoms. The van der Waals surface area contributed by atoms with E-state index in [-0.39, 0.29) is 29.7 Å². The first-order valence-corrected chi connectivity index (χ1v) is 8.07. The number of morpholine rings is 1. The molecule has 0 N–H and O–H groups in total. The van der Waals surface area contributed by atoms with E-state index < -0.39 is 0 Å². The van der Waals surface area contributed by atoms with E-state index in [9.17, 15) is 9.18 Å². The standard InChI is InChI=1S/C17H18FN3O3/c1-10-19-20-16(24-10)15-9-21(5-6-23-15)17(22)14-8-13(14)11-3-2-4-12(18)7-11/h2-4,7,13-15H,5-6,8-9H2,1H3/t13-,14-,15+/m1/s1. The number of aryl methyl sites for hydroxylation is 1. The van der Waals surface area contributed by atoms with E-state index in [0.29, 0.717) is 31.5 Å². The van der Waals surface area contributed by atoms with Gasteiger partial charge in [0.1, 0.15) is 5.82 Å². The molecule has 1 saturated carbocycles. The van der Waals surface area contributed by atoms with Crippen LogP contribution in [0.2, 0.25) is 0 Å². The molecule has 1 aliphatic carbocycles. The summed E-state index contributed by atoms with van der Waals surface area (Å²) in [7, 11) is 0. The van der Waals surface area contributed by atoms with Crippen LogP contribution in [-0.2, 0) is 9.53 Å². The Bertz CT molecular complexity index is 763. The second kappa shape index (κ2) is 5.98. The number of hydrogen-bond donors (Lipinski definition) is 0. The van der Waals surface area contributed by atoms with Crippen molar-refractivity contribution in [1.82, 2.24) is 15.1 Å². The third-order valence-electron chi connectivity index (χ3n) is 4.58. The van der Waals surface area contributed by atoms with Gasteiger partial charge in [0, 0.05) is 19.4 Å². The molecule has 0 bridgehead atoms. The van der Waals surface area contributed by atoms with Gasteiger partial charge in [0.15, 0.2) is 6.10 Å². The van der Waals surface area contributed by atoms with Gasteiger partial charge in [-0.15, -0.1) is 10.2 Å². The number of carbonyl (C=O) groups is 1. The van der Waals surface area contributed by atoms with Crippen LogP contribution in [0.5, 0.6) is 0 Å². The molecule has 24 heavy (non-hydrogen) atoms. The van der Waals surface area contributed by atoms with Crippen LogP contribution < -0.4 is 0 Å². The first-order valence-electron chi connectivity index (χ1n) is 8.07. The topological polar surface area (TPSA) is 68.5 Å². The van der Waals surface area contributed by atoms with Crippen molar-refractivity contribution in [2.75, 3.05) is 19.7 Å². The largest absolute Gasteiger partial charge is 0.423 e. The van der Waals surface area contributed by atoms with Crippen LogP contribution in [0.3, 0.4) is 0 Å². The smallest absolute Gasteiger partial charge is 0.246 e. The number of ether oxygens (including phenoxy) is 1. The maximum atomic E-state index is 13.3. The third kappa shape index (κ3) is 2.91. The van der Waals surface area contributed by atoms with E-state index in [1.807, 2.05) is 6.07 Å². The van der Waals surface area contributed by atoms with Crippen molar-refractivity contribution in [3.05, 3.63) is 47.4 Å². The Kier molecular flexibility index (Phi) is 3.80. The molecule has 1 aliphatic heterocycles. The second-order valence-electron chi connectivity index (χ2n) is 6.31. The molecule has 126 valence electrons. The summed E-state index contributed by atoms with van der Waals surface area (Å²) in [4.78, 5) is 14.5. The summed E-state index contributed by atoms with van der Waals surface area (Å²) in [5, 5.41) is 7.78. The first-order chi connectivity index (χ1) is 11.6. The summed E-state index contributed by atoms with van der Waals surface area (Å²) in [5.74, 6) is 0.751. The highest BCUT2D eigenvalue weighted by Gasteiger charge is 2.46. The Morgan fingerprint density at radius 3 is 3.00 bits per heavy atom. The molecule has 2 aliphatic rings. The highest BCUT2D eigenvalue weighted by molar-refractivity contribution is 5.83. The summed E-state index contributed by atoms with van der Waals surface area (Å²) < 4.78 is 24.4. The van der Waals surface area contributed by atoms with Crippen molar-refractivity contribution in [3.63, 3.8) is 0 Å². The Hall–Kier alpha value is -2.28. The minimum atomic E-state index is -0.379. The minimum Gasteiger partial charge on any atom is -0.423 e. The van der Waals surface area contributed by atoms with Crippen LogP contribution in [0.1, 0.15) is 35.8 Å². The maximum Gasteiger partial charge on any atom is 0.246 e. The third-order valence-corrected chi connectivity index (χ3v) is 4.58.